The molecular formula is C22H22ClF2N5O3. The Morgan fingerprint density at radius 2 is 1.91 bits per heavy atom. The second kappa shape index (κ2) is 8.58. The van der Waals surface area contributed by atoms with E-state index < -0.39 is 24.4 Å². The molecular weight excluding hydrogens is 456 g/mol. The molecule has 2 aromatic heterocycles. The fourth-order valence-electron chi connectivity index (χ4n) is 4.07. The zero-order valence-corrected chi connectivity index (χ0v) is 18.9. The average Bonchev–Trinajstić information content (AvgIpc) is 3.09. The number of carbonyl (C=O) groups is 1. The second-order valence-electron chi connectivity index (χ2n) is 8.16. The Morgan fingerprint density at radius 1 is 1.24 bits per heavy atom. The molecule has 3 aromatic rings. The zero-order valence-electron chi connectivity index (χ0n) is 18.1. The molecule has 0 saturated carbocycles. The maximum Gasteiger partial charge on any atom is 0.356 e. The van der Waals surface area contributed by atoms with E-state index in [4.69, 9.17) is 11.6 Å². The Balaban J connectivity index is 1.82. The summed E-state index contributed by atoms with van der Waals surface area (Å²) in [6.07, 6.45) is -3.30. The number of hydrogen-bond donors (Lipinski definition) is 2. The molecule has 8 nitrogen and oxygen atoms in total. The Labute approximate surface area is 192 Å². The van der Waals surface area contributed by atoms with Crippen molar-refractivity contribution in [3.8, 4) is 0 Å². The van der Waals surface area contributed by atoms with Crippen molar-refractivity contribution < 1.29 is 18.7 Å². The van der Waals surface area contributed by atoms with Crippen molar-refractivity contribution in [2.45, 2.75) is 32.2 Å². The van der Waals surface area contributed by atoms with Crippen molar-refractivity contribution in [1.29, 1.82) is 0 Å². The first-order valence-electron chi connectivity index (χ1n) is 10.3. The van der Waals surface area contributed by atoms with E-state index in [1.165, 1.54) is 28.6 Å². The first-order valence-corrected chi connectivity index (χ1v) is 10.7. The minimum atomic E-state index is -1.65. The molecule has 33 heavy (non-hydrogen) atoms. The molecule has 4 rings (SSSR count). The van der Waals surface area contributed by atoms with Gasteiger partial charge in [0.2, 0.25) is 5.95 Å². The lowest BCUT2D eigenvalue weighted by molar-refractivity contribution is 0.0691. The predicted octanol–water partition coefficient (Wildman–Crippen LogP) is 3.66. The number of nitrogens with zero attached hydrogens (tertiary/aromatic N) is 4. The molecule has 0 aliphatic carbocycles. The number of carboxylic acids is 1. The van der Waals surface area contributed by atoms with Crippen LogP contribution in [0.15, 0.2) is 29.1 Å². The number of benzene rings is 1. The van der Waals surface area contributed by atoms with Crippen LogP contribution in [0.25, 0.3) is 10.9 Å². The lowest BCUT2D eigenvalue weighted by Gasteiger charge is -2.22. The van der Waals surface area contributed by atoms with E-state index in [1.807, 2.05) is 13.0 Å². The maximum absolute atomic E-state index is 13.8. The van der Waals surface area contributed by atoms with Crippen molar-refractivity contribution >= 4 is 40.1 Å². The molecule has 0 bridgehead atoms. The van der Waals surface area contributed by atoms with Gasteiger partial charge in [0.15, 0.2) is 18.0 Å². The van der Waals surface area contributed by atoms with Crippen molar-refractivity contribution in [3.63, 3.8) is 0 Å². The Hall–Kier alpha value is -3.27. The summed E-state index contributed by atoms with van der Waals surface area (Å²) in [5, 5.41) is 13.0. The summed E-state index contributed by atoms with van der Waals surface area (Å²) in [5.74, 6) is -1.07. The van der Waals surface area contributed by atoms with Gasteiger partial charge in [0.05, 0.1) is 35.7 Å². The van der Waals surface area contributed by atoms with E-state index in [-0.39, 0.29) is 41.1 Å². The molecule has 174 valence electrons. The van der Waals surface area contributed by atoms with Gasteiger partial charge in [0.25, 0.3) is 5.56 Å². The van der Waals surface area contributed by atoms with Crippen LogP contribution in [0.1, 0.15) is 34.6 Å². The number of anilines is 2. The van der Waals surface area contributed by atoms with Crippen LogP contribution in [0.3, 0.4) is 0 Å². The minimum Gasteiger partial charge on any atom is -0.476 e. The predicted molar refractivity (Wildman–Crippen MR) is 122 cm³/mol. The number of aromatic nitrogens is 3. The summed E-state index contributed by atoms with van der Waals surface area (Å²) in [5.41, 5.74) is 1.47. The summed E-state index contributed by atoms with van der Waals surface area (Å²) in [6.45, 7) is 3.23. The Morgan fingerprint density at radius 3 is 2.55 bits per heavy atom. The van der Waals surface area contributed by atoms with Crippen LogP contribution in [0, 0.1) is 6.92 Å². The van der Waals surface area contributed by atoms with Crippen molar-refractivity contribution in [1.82, 2.24) is 14.5 Å². The van der Waals surface area contributed by atoms with Crippen molar-refractivity contribution in [2.75, 3.05) is 23.3 Å². The highest BCUT2D eigenvalue weighted by Crippen LogP contribution is 2.30. The number of aryl methyl sites for hydroxylation is 1. The van der Waals surface area contributed by atoms with E-state index in [1.54, 1.807) is 13.0 Å². The van der Waals surface area contributed by atoms with Gasteiger partial charge in [0.1, 0.15) is 5.15 Å². The SMILES string of the molecule is Cc1cc(C(C)Nc2ccc(Cl)nc2C(=O)O)c2nc(N3C[C@@H](F)[C@@H](F)C3)n(C)c(=O)c2c1. The van der Waals surface area contributed by atoms with Crippen LogP contribution in [0.2, 0.25) is 5.15 Å². The van der Waals surface area contributed by atoms with E-state index in [2.05, 4.69) is 15.3 Å². The van der Waals surface area contributed by atoms with Gasteiger partial charge in [-0.05, 0) is 37.6 Å². The Kier molecular flexibility index (Phi) is 5.96. The fraction of sp³-hybridized carbons (Fsp3) is 0.364. The van der Waals surface area contributed by atoms with Gasteiger partial charge in [-0.2, -0.15) is 0 Å². The van der Waals surface area contributed by atoms with Gasteiger partial charge in [-0.1, -0.05) is 17.7 Å². The summed E-state index contributed by atoms with van der Waals surface area (Å²) < 4.78 is 28.9. The third kappa shape index (κ3) is 4.22. The van der Waals surface area contributed by atoms with Crippen molar-refractivity contribution in [2.24, 2.45) is 7.05 Å². The lowest BCUT2D eigenvalue weighted by Crippen LogP contribution is -2.31. The third-order valence-electron chi connectivity index (χ3n) is 5.70. The molecule has 1 unspecified atom stereocenters. The van der Waals surface area contributed by atoms with Gasteiger partial charge >= 0.3 is 5.97 Å². The van der Waals surface area contributed by atoms with Crippen LogP contribution in [0.5, 0.6) is 0 Å². The number of carboxylic acid groups (broad SMARTS) is 1. The molecule has 1 aromatic carbocycles. The highest BCUT2D eigenvalue weighted by molar-refractivity contribution is 6.29. The quantitative estimate of drug-likeness (QED) is 0.541. The van der Waals surface area contributed by atoms with Crippen LogP contribution < -0.4 is 15.8 Å². The molecule has 1 fully saturated rings. The number of aromatic carboxylic acids is 1. The second-order valence-corrected chi connectivity index (χ2v) is 8.55. The molecule has 11 heteroatoms. The minimum absolute atomic E-state index is 0.0457. The number of nitrogens with one attached hydrogen (secondary N) is 1. The normalized spacial score (nSPS) is 19.2. The number of hydrogen-bond acceptors (Lipinski definition) is 6. The number of pyridine rings is 1. The van der Waals surface area contributed by atoms with Crippen LogP contribution in [-0.2, 0) is 7.05 Å². The topological polar surface area (TPSA) is 100 Å². The maximum atomic E-state index is 13.8. The first-order chi connectivity index (χ1) is 15.6. The molecule has 3 heterocycles. The smallest absolute Gasteiger partial charge is 0.356 e. The van der Waals surface area contributed by atoms with Crippen LogP contribution in [0.4, 0.5) is 20.4 Å². The van der Waals surface area contributed by atoms with Gasteiger partial charge in [-0.3, -0.25) is 9.36 Å². The largest absolute Gasteiger partial charge is 0.476 e. The summed E-state index contributed by atoms with van der Waals surface area (Å²) >= 11 is 5.84. The first kappa shape index (κ1) is 22.9. The molecule has 1 saturated heterocycles. The highest BCUT2D eigenvalue weighted by atomic mass is 35.5. The van der Waals surface area contributed by atoms with Crippen LogP contribution in [-0.4, -0.2) is 51.0 Å². The van der Waals surface area contributed by atoms with Gasteiger partial charge in [0, 0.05) is 12.6 Å². The fourth-order valence-corrected chi connectivity index (χ4v) is 4.22. The highest BCUT2D eigenvalue weighted by Gasteiger charge is 2.35. The molecule has 1 aliphatic heterocycles. The van der Waals surface area contributed by atoms with E-state index in [0.717, 1.165) is 5.56 Å². The van der Waals surface area contributed by atoms with Gasteiger partial charge in [-0.25, -0.2) is 23.5 Å². The summed E-state index contributed by atoms with van der Waals surface area (Å²) in [7, 11) is 1.52. The van der Waals surface area contributed by atoms with Gasteiger partial charge in [-0.15, -0.1) is 0 Å². The molecule has 0 amide bonds. The van der Waals surface area contributed by atoms with Gasteiger partial charge < -0.3 is 15.3 Å². The summed E-state index contributed by atoms with van der Waals surface area (Å²) in [6, 6.07) is 6.04. The molecule has 0 spiro atoms. The number of fused-ring (bicyclic) bond motifs is 1. The number of alkyl halides is 2. The van der Waals surface area contributed by atoms with E-state index in [9.17, 15) is 23.5 Å². The third-order valence-corrected chi connectivity index (χ3v) is 5.91. The number of rotatable bonds is 5. The molecule has 1 aliphatic rings. The standard InChI is InChI=1S/C22H22ClF2N5O3/c1-10-6-12(11(2)26-16-4-5-17(23)27-19(16)21(32)33)18-13(7-10)20(31)29(3)22(28-18)30-8-14(24)15(25)9-30/h4-7,11,14-15,26H,8-9H2,1-3H3,(H,32,33)/t11?,14-,15+. The van der Waals surface area contributed by atoms with Crippen molar-refractivity contribution in [3.05, 3.63) is 56.6 Å². The summed E-state index contributed by atoms with van der Waals surface area (Å²) in [4.78, 5) is 34.6. The van der Waals surface area contributed by atoms with Crippen LogP contribution >= 0.6 is 11.6 Å². The molecule has 2 N–H and O–H groups in total. The molecule has 0 radical (unpaired) electrons. The van der Waals surface area contributed by atoms with E-state index >= 15 is 0 Å². The lowest BCUT2D eigenvalue weighted by atomic mass is 10.0. The van der Waals surface area contributed by atoms with E-state index in [0.29, 0.717) is 16.5 Å². The average molecular weight is 478 g/mol. The monoisotopic (exact) mass is 477 g/mol. The zero-order chi connectivity index (χ0) is 24.0. The molecule has 3 atom stereocenters. The Bertz CT molecular complexity index is 1310. The number of halogens is 3.